The number of aryl methyl sites for hydroxylation is 1. The van der Waals surface area contributed by atoms with Gasteiger partial charge in [0.15, 0.2) is 0 Å². The molecule has 1 N–H and O–H groups in total. The fourth-order valence-corrected chi connectivity index (χ4v) is 1.50. The van der Waals surface area contributed by atoms with Crippen molar-refractivity contribution in [3.05, 3.63) is 48.3 Å². The van der Waals surface area contributed by atoms with Gasteiger partial charge >= 0.3 is 0 Å². The van der Waals surface area contributed by atoms with Gasteiger partial charge in [0.05, 0.1) is 6.54 Å². The molecule has 0 aliphatic carbocycles. The number of hydrogen-bond donors (Lipinski definition) is 1. The van der Waals surface area contributed by atoms with Crippen LogP contribution in [-0.2, 0) is 6.54 Å². The number of nitrogens with one attached hydrogen (secondary N) is 1. The topological polar surface area (TPSA) is 29.9 Å². The predicted molar refractivity (Wildman–Crippen MR) is 61.9 cm³/mol. The van der Waals surface area contributed by atoms with E-state index in [0.29, 0.717) is 0 Å². The third-order valence-corrected chi connectivity index (χ3v) is 2.25. The molecule has 78 valence electrons. The van der Waals surface area contributed by atoms with Crippen molar-refractivity contribution in [2.45, 2.75) is 13.5 Å². The molecule has 0 atom stereocenters. The summed E-state index contributed by atoms with van der Waals surface area (Å²) < 4.78 is 1.92. The molecule has 3 heteroatoms. The predicted octanol–water partition coefficient (Wildman–Crippen LogP) is 2.30. The Bertz CT molecular complexity index is 407. The molecule has 2 rings (SSSR count). The van der Waals surface area contributed by atoms with Gasteiger partial charge in [0.25, 0.3) is 0 Å². The molecule has 0 radical (unpaired) electrons. The monoisotopic (exact) mass is 201 g/mol. The second-order valence-corrected chi connectivity index (χ2v) is 3.57. The van der Waals surface area contributed by atoms with Gasteiger partial charge < -0.3 is 5.32 Å². The number of rotatable bonds is 4. The fourth-order valence-electron chi connectivity index (χ4n) is 1.50. The average molecular weight is 201 g/mol. The number of hydrogen-bond acceptors (Lipinski definition) is 2. The van der Waals surface area contributed by atoms with E-state index in [4.69, 9.17) is 0 Å². The Kier molecular flexibility index (Phi) is 3.02. The van der Waals surface area contributed by atoms with Crippen LogP contribution in [0.3, 0.4) is 0 Å². The van der Waals surface area contributed by atoms with E-state index in [1.807, 2.05) is 16.9 Å². The van der Waals surface area contributed by atoms with Crippen molar-refractivity contribution >= 4 is 5.69 Å². The maximum absolute atomic E-state index is 4.14. The summed E-state index contributed by atoms with van der Waals surface area (Å²) >= 11 is 0. The Hall–Kier alpha value is -1.77. The van der Waals surface area contributed by atoms with Crippen molar-refractivity contribution in [3.8, 4) is 0 Å². The number of aromatic nitrogens is 2. The third-order valence-electron chi connectivity index (χ3n) is 2.25. The highest BCUT2D eigenvalue weighted by atomic mass is 15.3. The standard InChI is InChI=1S/C12H15N3/c1-11-4-2-5-12(10-11)13-7-9-15-8-3-6-14-15/h2-6,8,10,13H,7,9H2,1H3. The number of benzene rings is 1. The molecule has 0 unspecified atom stereocenters. The lowest BCUT2D eigenvalue weighted by Gasteiger charge is -2.06. The fraction of sp³-hybridized carbons (Fsp3) is 0.250. The Morgan fingerprint density at radius 2 is 2.27 bits per heavy atom. The van der Waals surface area contributed by atoms with Gasteiger partial charge in [0.2, 0.25) is 0 Å². The van der Waals surface area contributed by atoms with Gasteiger partial charge in [-0.25, -0.2) is 0 Å². The van der Waals surface area contributed by atoms with Crippen molar-refractivity contribution in [3.63, 3.8) is 0 Å². The maximum atomic E-state index is 4.14. The van der Waals surface area contributed by atoms with Gasteiger partial charge in [-0.15, -0.1) is 0 Å². The summed E-state index contributed by atoms with van der Waals surface area (Å²) in [5, 5.41) is 7.50. The molecule has 0 fully saturated rings. The van der Waals surface area contributed by atoms with Crippen molar-refractivity contribution in [1.82, 2.24) is 9.78 Å². The van der Waals surface area contributed by atoms with Crippen molar-refractivity contribution < 1.29 is 0 Å². The molecule has 1 aromatic heterocycles. The number of nitrogens with zero attached hydrogens (tertiary/aromatic N) is 2. The van der Waals surface area contributed by atoms with E-state index < -0.39 is 0 Å². The maximum Gasteiger partial charge on any atom is 0.0582 e. The SMILES string of the molecule is Cc1cccc(NCCn2cccn2)c1. The van der Waals surface area contributed by atoms with E-state index in [9.17, 15) is 0 Å². The van der Waals surface area contributed by atoms with Crippen molar-refractivity contribution in [1.29, 1.82) is 0 Å². The van der Waals surface area contributed by atoms with Crippen LogP contribution in [0.15, 0.2) is 42.7 Å². The van der Waals surface area contributed by atoms with Crippen LogP contribution in [0.25, 0.3) is 0 Å². The summed E-state index contributed by atoms with van der Waals surface area (Å²) in [7, 11) is 0. The minimum Gasteiger partial charge on any atom is -0.383 e. The molecule has 0 amide bonds. The van der Waals surface area contributed by atoms with Crippen LogP contribution in [-0.4, -0.2) is 16.3 Å². The zero-order valence-electron chi connectivity index (χ0n) is 8.85. The number of anilines is 1. The highest BCUT2D eigenvalue weighted by molar-refractivity contribution is 5.45. The summed E-state index contributed by atoms with van der Waals surface area (Å²) in [4.78, 5) is 0. The van der Waals surface area contributed by atoms with Crippen LogP contribution < -0.4 is 5.32 Å². The van der Waals surface area contributed by atoms with Gasteiger partial charge in [0.1, 0.15) is 0 Å². The second kappa shape index (κ2) is 4.64. The molecular weight excluding hydrogens is 186 g/mol. The summed E-state index contributed by atoms with van der Waals surface area (Å²) in [6.45, 7) is 3.88. The lowest BCUT2D eigenvalue weighted by atomic mass is 10.2. The Labute approximate surface area is 89.7 Å². The summed E-state index contributed by atoms with van der Waals surface area (Å²) in [5.74, 6) is 0. The second-order valence-electron chi connectivity index (χ2n) is 3.57. The molecule has 0 aliphatic rings. The van der Waals surface area contributed by atoms with Crippen LogP contribution in [0.4, 0.5) is 5.69 Å². The first kappa shape index (κ1) is 9.77. The molecule has 1 heterocycles. The van der Waals surface area contributed by atoms with Crippen molar-refractivity contribution in [2.24, 2.45) is 0 Å². The first-order valence-electron chi connectivity index (χ1n) is 5.12. The summed E-state index contributed by atoms with van der Waals surface area (Å²) in [6, 6.07) is 10.3. The van der Waals surface area contributed by atoms with Crippen molar-refractivity contribution in [2.75, 3.05) is 11.9 Å². The zero-order chi connectivity index (χ0) is 10.5. The van der Waals surface area contributed by atoms with Crippen LogP contribution in [0, 0.1) is 6.92 Å². The van der Waals surface area contributed by atoms with Gasteiger partial charge in [-0.2, -0.15) is 5.10 Å². The lowest BCUT2D eigenvalue weighted by Crippen LogP contribution is -2.10. The smallest absolute Gasteiger partial charge is 0.0582 e. The average Bonchev–Trinajstić information content (AvgIpc) is 2.71. The zero-order valence-corrected chi connectivity index (χ0v) is 8.85. The highest BCUT2D eigenvalue weighted by Crippen LogP contribution is 2.08. The molecular formula is C12H15N3. The van der Waals surface area contributed by atoms with Gasteiger partial charge in [0, 0.05) is 24.6 Å². The Balaban J connectivity index is 1.83. The molecule has 0 aliphatic heterocycles. The lowest BCUT2D eigenvalue weighted by molar-refractivity contribution is 0.638. The van der Waals surface area contributed by atoms with Gasteiger partial charge in [-0.3, -0.25) is 4.68 Å². The first-order valence-corrected chi connectivity index (χ1v) is 5.12. The third kappa shape index (κ3) is 2.84. The largest absolute Gasteiger partial charge is 0.383 e. The Morgan fingerprint density at radius 3 is 3.00 bits per heavy atom. The van der Waals surface area contributed by atoms with E-state index in [1.165, 1.54) is 11.3 Å². The summed E-state index contributed by atoms with van der Waals surface area (Å²) in [6.07, 6.45) is 3.77. The van der Waals surface area contributed by atoms with E-state index >= 15 is 0 Å². The highest BCUT2D eigenvalue weighted by Gasteiger charge is 1.92. The minimum absolute atomic E-state index is 0.890. The van der Waals surface area contributed by atoms with Gasteiger partial charge in [-0.1, -0.05) is 12.1 Å². The minimum atomic E-state index is 0.890. The van der Waals surface area contributed by atoms with Gasteiger partial charge in [-0.05, 0) is 30.7 Å². The normalized spacial score (nSPS) is 10.2. The molecule has 0 bridgehead atoms. The van der Waals surface area contributed by atoms with E-state index in [-0.39, 0.29) is 0 Å². The quantitative estimate of drug-likeness (QED) is 0.822. The van der Waals surface area contributed by atoms with E-state index in [2.05, 4.69) is 41.6 Å². The molecule has 3 nitrogen and oxygen atoms in total. The van der Waals surface area contributed by atoms with Crippen LogP contribution >= 0.6 is 0 Å². The molecule has 0 spiro atoms. The van der Waals surface area contributed by atoms with Crippen LogP contribution in [0.2, 0.25) is 0 Å². The molecule has 0 saturated heterocycles. The van der Waals surface area contributed by atoms with Crippen LogP contribution in [0.5, 0.6) is 0 Å². The molecule has 0 saturated carbocycles. The molecule has 1 aromatic carbocycles. The molecule has 15 heavy (non-hydrogen) atoms. The van der Waals surface area contributed by atoms with Crippen LogP contribution in [0.1, 0.15) is 5.56 Å². The van der Waals surface area contributed by atoms with E-state index in [0.717, 1.165) is 13.1 Å². The van der Waals surface area contributed by atoms with E-state index in [1.54, 1.807) is 6.20 Å². The molecule has 2 aromatic rings. The summed E-state index contributed by atoms with van der Waals surface area (Å²) in [5.41, 5.74) is 2.45. The first-order chi connectivity index (χ1) is 7.34. The Morgan fingerprint density at radius 1 is 1.33 bits per heavy atom.